The normalized spacial score (nSPS) is 18.8. The van der Waals surface area contributed by atoms with Gasteiger partial charge in [-0.1, -0.05) is 36.4 Å². The van der Waals surface area contributed by atoms with E-state index in [9.17, 15) is 9.59 Å². The van der Waals surface area contributed by atoms with Crippen LogP contribution >= 0.6 is 0 Å². The third kappa shape index (κ3) is 6.44. The zero-order valence-electron chi connectivity index (χ0n) is 21.0. The molecule has 4 rings (SSSR count). The first-order valence-electron chi connectivity index (χ1n) is 12.5. The number of piperazine rings is 1. The van der Waals surface area contributed by atoms with E-state index in [1.54, 1.807) is 11.1 Å². The average molecular weight is 481 g/mol. The largest absolute Gasteiger partial charge is 0.445 e. The van der Waals surface area contributed by atoms with Gasteiger partial charge in [-0.15, -0.1) is 0 Å². The predicted octanol–water partition coefficient (Wildman–Crippen LogP) is 5.00. The van der Waals surface area contributed by atoms with Crippen molar-refractivity contribution in [3.63, 3.8) is 0 Å². The molecule has 0 spiro atoms. The van der Waals surface area contributed by atoms with Crippen LogP contribution in [0.5, 0.6) is 0 Å². The Morgan fingerprint density at radius 2 is 1.69 bits per heavy atom. The summed E-state index contributed by atoms with van der Waals surface area (Å²) < 4.78 is 11.2. The van der Waals surface area contributed by atoms with Gasteiger partial charge < -0.3 is 24.2 Å². The molecular formula is C27H36N4O4. The van der Waals surface area contributed by atoms with Crippen molar-refractivity contribution in [2.75, 3.05) is 37.6 Å². The number of hydrogen-bond acceptors (Lipinski definition) is 6. The highest BCUT2D eigenvalue weighted by atomic mass is 16.6. The Hall–Kier alpha value is -3.29. The number of rotatable bonds is 4. The van der Waals surface area contributed by atoms with Crippen molar-refractivity contribution in [1.29, 1.82) is 0 Å². The molecule has 8 heteroatoms. The maximum absolute atomic E-state index is 13.1. The molecular weight excluding hydrogens is 444 g/mol. The van der Waals surface area contributed by atoms with Crippen LogP contribution in [0, 0.1) is 0 Å². The molecule has 1 atom stereocenters. The first-order chi connectivity index (χ1) is 16.8. The molecule has 1 aromatic carbocycles. The summed E-state index contributed by atoms with van der Waals surface area (Å²) >= 11 is 0. The summed E-state index contributed by atoms with van der Waals surface area (Å²) in [6.45, 7) is 9.01. The van der Waals surface area contributed by atoms with Gasteiger partial charge in [0.15, 0.2) is 0 Å². The van der Waals surface area contributed by atoms with Crippen molar-refractivity contribution in [1.82, 2.24) is 14.8 Å². The third-order valence-corrected chi connectivity index (χ3v) is 6.35. The minimum Gasteiger partial charge on any atom is -0.445 e. The van der Waals surface area contributed by atoms with Gasteiger partial charge in [0, 0.05) is 44.5 Å². The fourth-order valence-corrected chi connectivity index (χ4v) is 4.64. The zero-order valence-corrected chi connectivity index (χ0v) is 21.0. The van der Waals surface area contributed by atoms with Gasteiger partial charge in [-0.05, 0) is 51.7 Å². The van der Waals surface area contributed by atoms with Crippen LogP contribution in [0.2, 0.25) is 0 Å². The quantitative estimate of drug-likeness (QED) is 0.613. The van der Waals surface area contributed by atoms with E-state index in [1.807, 2.05) is 62.1 Å². The van der Waals surface area contributed by atoms with Crippen molar-refractivity contribution >= 4 is 18.0 Å². The molecule has 2 aromatic rings. The van der Waals surface area contributed by atoms with Crippen molar-refractivity contribution in [3.8, 4) is 0 Å². The molecule has 2 amide bonds. The first kappa shape index (κ1) is 24.8. The summed E-state index contributed by atoms with van der Waals surface area (Å²) in [6.07, 6.45) is 4.10. The summed E-state index contributed by atoms with van der Waals surface area (Å²) in [5, 5.41) is 0. The second-order valence-electron chi connectivity index (χ2n) is 10.1. The molecule has 2 aliphatic rings. The van der Waals surface area contributed by atoms with Crippen LogP contribution in [0.15, 0.2) is 48.7 Å². The number of amides is 2. The SMILES string of the molecule is CC(C)(C)OC(=O)N1CCN(c2ncccc2[C@H]2CCCCN2C(=O)OCc2ccccc2)CC1. The molecule has 2 aliphatic heterocycles. The van der Waals surface area contributed by atoms with Crippen LogP contribution in [-0.2, 0) is 16.1 Å². The van der Waals surface area contributed by atoms with Gasteiger partial charge in [0.25, 0.3) is 0 Å². The summed E-state index contributed by atoms with van der Waals surface area (Å²) in [6, 6.07) is 13.7. The predicted molar refractivity (Wildman–Crippen MR) is 134 cm³/mol. The van der Waals surface area contributed by atoms with Crippen molar-refractivity contribution < 1.29 is 19.1 Å². The number of carbonyl (C=O) groups is 2. The molecule has 0 saturated carbocycles. The van der Waals surface area contributed by atoms with Gasteiger partial charge in [-0.3, -0.25) is 0 Å². The fraction of sp³-hybridized carbons (Fsp3) is 0.519. The number of pyridine rings is 1. The number of nitrogens with zero attached hydrogens (tertiary/aromatic N) is 4. The van der Waals surface area contributed by atoms with Crippen molar-refractivity contribution in [2.45, 2.75) is 58.3 Å². The fourth-order valence-electron chi connectivity index (χ4n) is 4.64. The molecule has 0 radical (unpaired) electrons. The molecule has 188 valence electrons. The number of aromatic nitrogens is 1. The van der Waals surface area contributed by atoms with Crippen LogP contribution in [0.25, 0.3) is 0 Å². The number of carbonyl (C=O) groups excluding carboxylic acids is 2. The number of piperidine rings is 1. The minimum atomic E-state index is -0.512. The lowest BCUT2D eigenvalue weighted by atomic mass is 9.95. The average Bonchev–Trinajstić information content (AvgIpc) is 2.87. The van der Waals surface area contributed by atoms with E-state index in [0.29, 0.717) is 32.7 Å². The van der Waals surface area contributed by atoms with Gasteiger partial charge in [-0.2, -0.15) is 0 Å². The molecule has 0 unspecified atom stereocenters. The minimum absolute atomic E-state index is 0.0837. The van der Waals surface area contributed by atoms with E-state index >= 15 is 0 Å². The lowest BCUT2D eigenvalue weighted by molar-refractivity contribution is 0.0239. The second kappa shape index (κ2) is 11.0. The first-order valence-corrected chi connectivity index (χ1v) is 12.5. The Balaban J connectivity index is 1.44. The molecule has 0 aliphatic carbocycles. The van der Waals surface area contributed by atoms with Gasteiger partial charge in [0.2, 0.25) is 0 Å². The zero-order chi connectivity index (χ0) is 24.8. The highest BCUT2D eigenvalue weighted by molar-refractivity contribution is 5.70. The topological polar surface area (TPSA) is 75.2 Å². The summed E-state index contributed by atoms with van der Waals surface area (Å²) in [5.41, 5.74) is 1.50. The Morgan fingerprint density at radius 3 is 2.40 bits per heavy atom. The van der Waals surface area contributed by atoms with E-state index in [0.717, 1.165) is 36.2 Å². The smallest absolute Gasteiger partial charge is 0.410 e. The molecule has 8 nitrogen and oxygen atoms in total. The van der Waals surface area contributed by atoms with Gasteiger partial charge in [0.05, 0.1) is 6.04 Å². The molecule has 2 fully saturated rings. The monoisotopic (exact) mass is 480 g/mol. The molecule has 2 saturated heterocycles. The molecule has 35 heavy (non-hydrogen) atoms. The molecule has 0 bridgehead atoms. The van der Waals surface area contributed by atoms with Crippen molar-refractivity contribution in [2.24, 2.45) is 0 Å². The van der Waals surface area contributed by atoms with E-state index in [1.165, 1.54) is 0 Å². The van der Waals surface area contributed by atoms with Gasteiger partial charge >= 0.3 is 12.2 Å². The van der Waals surface area contributed by atoms with E-state index in [2.05, 4.69) is 11.0 Å². The van der Waals surface area contributed by atoms with Gasteiger partial charge in [-0.25, -0.2) is 14.6 Å². The second-order valence-corrected chi connectivity index (χ2v) is 10.1. The summed E-state index contributed by atoms with van der Waals surface area (Å²) in [7, 11) is 0. The van der Waals surface area contributed by atoms with Crippen LogP contribution < -0.4 is 4.90 Å². The van der Waals surface area contributed by atoms with Crippen LogP contribution in [0.1, 0.15) is 57.2 Å². The lowest BCUT2D eigenvalue weighted by Crippen LogP contribution is -2.50. The van der Waals surface area contributed by atoms with Crippen LogP contribution in [0.3, 0.4) is 0 Å². The number of benzene rings is 1. The standard InChI is InChI=1S/C27H36N4O4/c1-27(2,3)35-25(32)30-18-16-29(17-19-30)24-22(12-9-14-28-24)23-13-7-8-15-31(23)26(33)34-20-21-10-5-4-6-11-21/h4-6,9-12,14,23H,7-8,13,15-20H2,1-3H3/t23-/m1/s1. The highest BCUT2D eigenvalue weighted by Crippen LogP contribution is 2.36. The van der Waals surface area contributed by atoms with Crippen LogP contribution in [0.4, 0.5) is 15.4 Å². The maximum Gasteiger partial charge on any atom is 0.410 e. The highest BCUT2D eigenvalue weighted by Gasteiger charge is 2.33. The number of hydrogen-bond donors (Lipinski definition) is 0. The Bertz CT molecular complexity index is 1000. The lowest BCUT2D eigenvalue weighted by Gasteiger charge is -2.40. The summed E-state index contributed by atoms with van der Waals surface area (Å²) in [4.78, 5) is 36.1. The van der Waals surface area contributed by atoms with Gasteiger partial charge in [0.1, 0.15) is 18.0 Å². The maximum atomic E-state index is 13.1. The van der Waals surface area contributed by atoms with E-state index < -0.39 is 5.60 Å². The third-order valence-electron chi connectivity index (χ3n) is 6.35. The van der Waals surface area contributed by atoms with Crippen molar-refractivity contribution in [3.05, 3.63) is 59.8 Å². The Morgan fingerprint density at radius 1 is 0.943 bits per heavy atom. The number of ether oxygens (including phenoxy) is 2. The molecule has 3 heterocycles. The molecule has 1 aromatic heterocycles. The molecule has 0 N–H and O–H groups in total. The number of anilines is 1. The van der Waals surface area contributed by atoms with E-state index in [-0.39, 0.29) is 24.8 Å². The van der Waals surface area contributed by atoms with E-state index in [4.69, 9.17) is 14.5 Å². The number of likely N-dealkylation sites (tertiary alicyclic amines) is 1. The Labute approximate surface area is 207 Å². The Kier molecular flexibility index (Phi) is 7.78. The van der Waals surface area contributed by atoms with Crippen LogP contribution in [-0.4, -0.2) is 65.3 Å². The summed E-state index contributed by atoms with van der Waals surface area (Å²) in [5.74, 6) is 0.879.